The van der Waals surface area contributed by atoms with Crippen LogP contribution in [-0.4, -0.2) is 112 Å². The monoisotopic (exact) mass is 795 g/mol. The predicted molar refractivity (Wildman–Crippen MR) is 208 cm³/mol. The number of aryl methyl sites for hydroxylation is 1. The number of benzene rings is 1. The number of amides is 1. The van der Waals surface area contributed by atoms with Crippen molar-refractivity contribution in [1.29, 1.82) is 0 Å². The highest BCUT2D eigenvalue weighted by atomic mass is 35.5. The number of fused-ring (bicyclic) bond motifs is 3. The number of hydrogen-bond acceptors (Lipinski definition) is 12. The number of β-amino-alcohol motifs (C(OH)–C–C–N with tert-alkyl or cyclic N) is 1. The first-order chi connectivity index (χ1) is 26.9. The number of aliphatic hydroxyl groups is 1. The third-order valence-electron chi connectivity index (χ3n) is 11.6. The smallest absolute Gasteiger partial charge is 0.410 e. The number of hydrogen-bond donors (Lipinski definition) is 1. The molecule has 0 bridgehead atoms. The summed E-state index contributed by atoms with van der Waals surface area (Å²) in [4.78, 5) is 31.4. The maximum atomic E-state index is 17.5. The van der Waals surface area contributed by atoms with Crippen molar-refractivity contribution in [3.63, 3.8) is 0 Å². The Morgan fingerprint density at radius 1 is 1.11 bits per heavy atom. The number of aliphatic hydroxyl groups excluding tert-OH is 1. The number of anilines is 1. The van der Waals surface area contributed by atoms with Gasteiger partial charge in [0.05, 0.1) is 49.8 Å². The minimum absolute atomic E-state index is 0.0394. The van der Waals surface area contributed by atoms with Crippen LogP contribution >= 0.6 is 11.6 Å². The standard InChI is InChI=1S/C40H51ClFN7O7/c1-23-18-26-25(19-43-49(26)28-11-6-7-16-54-28)29(31(23)41)33-32(42)34-30(36(44-33)52-5)35(47-15-17-53-21-24(50)20-47)46-37(45-34)55-22-40-12-8-10-27(40)48(14-9-13-40)38(51)56-39(2,3)4/h18-19,24,27-28,50H,6-17,20-22H2,1-5H3. The second-order valence-electron chi connectivity index (χ2n) is 16.6. The number of halogens is 2. The number of carbonyl (C=O) groups is 1. The van der Waals surface area contributed by atoms with Gasteiger partial charge in [0.25, 0.3) is 0 Å². The lowest BCUT2D eigenvalue weighted by molar-refractivity contribution is -0.0366. The van der Waals surface area contributed by atoms with Crippen molar-refractivity contribution in [2.45, 2.75) is 103 Å². The van der Waals surface area contributed by atoms with Crippen LogP contribution in [0.2, 0.25) is 5.02 Å². The van der Waals surface area contributed by atoms with Gasteiger partial charge in [-0.1, -0.05) is 18.0 Å². The Kier molecular flexibility index (Phi) is 10.6. The fourth-order valence-electron chi connectivity index (χ4n) is 9.01. The van der Waals surface area contributed by atoms with Crippen molar-refractivity contribution in [3.05, 3.63) is 28.7 Å². The van der Waals surface area contributed by atoms with E-state index in [1.807, 2.05) is 48.2 Å². The summed E-state index contributed by atoms with van der Waals surface area (Å²) >= 11 is 7.03. The number of methoxy groups -OCH3 is 1. The van der Waals surface area contributed by atoms with Gasteiger partial charge in [0.1, 0.15) is 28.0 Å². The van der Waals surface area contributed by atoms with Crippen LogP contribution in [0.5, 0.6) is 11.9 Å². The van der Waals surface area contributed by atoms with E-state index in [0.717, 1.165) is 62.4 Å². The number of ether oxygens (including phenoxy) is 5. The molecule has 3 aliphatic heterocycles. The van der Waals surface area contributed by atoms with Gasteiger partial charge in [-0.3, -0.25) is 0 Å². The van der Waals surface area contributed by atoms with Gasteiger partial charge in [-0.05, 0) is 84.3 Å². The van der Waals surface area contributed by atoms with Crippen LogP contribution in [0.1, 0.15) is 83.9 Å². The molecule has 4 atom stereocenters. The average molecular weight is 796 g/mol. The van der Waals surface area contributed by atoms with E-state index < -0.39 is 17.5 Å². The fraction of sp³-hybridized carbons (Fsp3) is 0.625. The van der Waals surface area contributed by atoms with Gasteiger partial charge in [0.2, 0.25) is 5.88 Å². The summed E-state index contributed by atoms with van der Waals surface area (Å²) in [6, 6.07) is 1.82. The van der Waals surface area contributed by atoms with Gasteiger partial charge in [0.15, 0.2) is 12.0 Å². The zero-order chi connectivity index (χ0) is 39.4. The highest BCUT2D eigenvalue weighted by molar-refractivity contribution is 6.35. The molecule has 1 aromatic carbocycles. The van der Waals surface area contributed by atoms with Gasteiger partial charge in [-0.25, -0.2) is 18.9 Å². The van der Waals surface area contributed by atoms with Gasteiger partial charge in [-0.15, -0.1) is 0 Å². The molecule has 4 aromatic rings. The van der Waals surface area contributed by atoms with E-state index in [0.29, 0.717) is 48.1 Å². The molecule has 0 spiro atoms. The van der Waals surface area contributed by atoms with Crippen LogP contribution in [-0.2, 0) is 14.2 Å². The van der Waals surface area contributed by atoms with Crippen molar-refractivity contribution in [3.8, 4) is 23.1 Å². The molecule has 302 valence electrons. The van der Waals surface area contributed by atoms with E-state index in [9.17, 15) is 9.90 Å². The lowest BCUT2D eigenvalue weighted by Gasteiger charge is -2.46. The second kappa shape index (κ2) is 15.4. The molecule has 1 N–H and O–H groups in total. The molecule has 0 radical (unpaired) electrons. The third-order valence-corrected chi connectivity index (χ3v) is 12.1. The number of piperidine rings is 1. The highest BCUT2D eigenvalue weighted by Crippen LogP contribution is 2.49. The van der Waals surface area contributed by atoms with E-state index in [4.69, 9.17) is 50.2 Å². The topological polar surface area (TPSA) is 146 Å². The molecule has 56 heavy (non-hydrogen) atoms. The summed E-state index contributed by atoms with van der Waals surface area (Å²) in [5, 5.41) is 16.6. The molecule has 3 aromatic heterocycles. The third kappa shape index (κ3) is 7.20. The Morgan fingerprint density at radius 3 is 2.70 bits per heavy atom. The molecule has 14 nitrogen and oxygen atoms in total. The van der Waals surface area contributed by atoms with Gasteiger partial charge >= 0.3 is 12.1 Å². The van der Waals surface area contributed by atoms with Crippen molar-refractivity contribution in [1.82, 2.24) is 29.6 Å². The molecule has 16 heteroatoms. The largest absolute Gasteiger partial charge is 0.480 e. The molecular formula is C40H51ClFN7O7. The molecule has 4 unspecified atom stereocenters. The lowest BCUT2D eigenvalue weighted by Crippen LogP contribution is -2.55. The molecule has 4 aliphatic rings. The maximum absolute atomic E-state index is 17.5. The predicted octanol–water partition coefficient (Wildman–Crippen LogP) is 7.00. The van der Waals surface area contributed by atoms with E-state index in [1.165, 1.54) is 7.11 Å². The van der Waals surface area contributed by atoms with Gasteiger partial charge in [0, 0.05) is 48.6 Å². The summed E-state index contributed by atoms with van der Waals surface area (Å²) in [5.41, 5.74) is 0.726. The molecule has 4 fully saturated rings. The highest BCUT2D eigenvalue weighted by Gasteiger charge is 2.51. The Morgan fingerprint density at radius 2 is 1.93 bits per heavy atom. The molecule has 8 rings (SSSR count). The van der Waals surface area contributed by atoms with Crippen molar-refractivity contribution in [2.24, 2.45) is 5.41 Å². The van der Waals surface area contributed by atoms with Crippen molar-refractivity contribution in [2.75, 3.05) is 58.1 Å². The minimum atomic E-state index is -0.821. The average Bonchev–Trinajstić information content (AvgIpc) is 3.73. The van der Waals surface area contributed by atoms with Crippen LogP contribution in [0.15, 0.2) is 12.3 Å². The molecule has 1 amide bonds. The zero-order valence-corrected chi connectivity index (χ0v) is 33.5. The van der Waals surface area contributed by atoms with Crippen molar-refractivity contribution < 1.29 is 38.0 Å². The number of rotatable bonds is 7. The second-order valence-corrected chi connectivity index (χ2v) is 17.0. The normalized spacial score (nSPS) is 24.7. The molecule has 6 heterocycles. The van der Waals surface area contributed by atoms with Crippen LogP contribution in [0.25, 0.3) is 33.1 Å². The Labute approximate surface area is 330 Å². The number of nitrogens with zero attached hydrogens (tertiary/aromatic N) is 7. The lowest BCUT2D eigenvalue weighted by atomic mass is 9.75. The quantitative estimate of drug-likeness (QED) is 0.206. The molecule has 3 saturated heterocycles. The number of likely N-dealkylation sites (tertiary alicyclic amines) is 1. The van der Waals surface area contributed by atoms with Crippen LogP contribution in [0, 0.1) is 18.2 Å². The van der Waals surface area contributed by atoms with E-state index in [-0.39, 0.29) is 72.0 Å². The maximum Gasteiger partial charge on any atom is 0.410 e. The first-order valence-corrected chi connectivity index (χ1v) is 20.1. The van der Waals surface area contributed by atoms with Gasteiger partial charge < -0.3 is 38.6 Å². The number of carbonyl (C=O) groups excluding carboxylic acids is 1. The van der Waals surface area contributed by atoms with E-state index >= 15 is 4.39 Å². The van der Waals surface area contributed by atoms with Gasteiger partial charge in [-0.2, -0.15) is 15.1 Å². The zero-order valence-electron chi connectivity index (χ0n) is 32.8. The Hall–Kier alpha value is -4.05. The number of aromatic nitrogens is 5. The summed E-state index contributed by atoms with van der Waals surface area (Å²) in [7, 11) is 1.46. The molecule has 1 saturated carbocycles. The summed E-state index contributed by atoms with van der Waals surface area (Å²) < 4.78 is 49.3. The van der Waals surface area contributed by atoms with Crippen LogP contribution < -0.4 is 14.4 Å². The van der Waals surface area contributed by atoms with Crippen LogP contribution in [0.4, 0.5) is 15.0 Å². The van der Waals surface area contributed by atoms with E-state index in [2.05, 4.69) is 5.10 Å². The van der Waals surface area contributed by atoms with Crippen LogP contribution in [0.3, 0.4) is 0 Å². The Bertz CT molecular complexity index is 2120. The summed E-state index contributed by atoms with van der Waals surface area (Å²) in [6.45, 7) is 9.93. The summed E-state index contributed by atoms with van der Waals surface area (Å²) in [5.74, 6) is -0.352. The van der Waals surface area contributed by atoms with Crippen molar-refractivity contribution >= 4 is 45.3 Å². The molecular weight excluding hydrogens is 745 g/mol. The minimum Gasteiger partial charge on any atom is -0.480 e. The fourth-order valence-corrected chi connectivity index (χ4v) is 9.25. The summed E-state index contributed by atoms with van der Waals surface area (Å²) in [6.07, 6.45) is 7.35. The first-order valence-electron chi connectivity index (χ1n) is 19.7. The first kappa shape index (κ1) is 38.8. The van der Waals surface area contributed by atoms with E-state index in [1.54, 1.807) is 6.20 Å². The molecule has 1 aliphatic carbocycles. The Balaban J connectivity index is 1.24. The number of pyridine rings is 1. The SMILES string of the molecule is COc1nc(-c2c(Cl)c(C)cc3c2cnn3C2CCCCO2)c(F)c2nc(OCC34CCCC3N(C(=O)OC(C)(C)C)CCC4)nc(N3CCOCC(O)C3)c12.